The van der Waals surface area contributed by atoms with Crippen LogP contribution in [0.3, 0.4) is 0 Å². The van der Waals surface area contributed by atoms with Crippen molar-refractivity contribution in [3.05, 3.63) is 33.8 Å². The molecule has 1 heterocycles. The van der Waals surface area contributed by atoms with Gasteiger partial charge in [0.15, 0.2) is 0 Å². The monoisotopic (exact) mass is 322 g/mol. The normalized spacial score (nSPS) is 29.2. The van der Waals surface area contributed by atoms with Gasteiger partial charge in [-0.3, -0.25) is 0 Å². The zero-order valence-electron chi connectivity index (χ0n) is 9.08. The minimum Gasteiger partial charge on any atom is -0.367 e. The molecular formula is C12H13BrCl2O. The molecular weight excluding hydrogens is 311 g/mol. The summed E-state index contributed by atoms with van der Waals surface area (Å²) in [6.07, 6.45) is 0.263. The lowest BCUT2D eigenvalue weighted by Gasteiger charge is -2.44. The van der Waals surface area contributed by atoms with Gasteiger partial charge in [-0.2, -0.15) is 0 Å². The molecule has 3 atom stereocenters. The molecule has 0 bridgehead atoms. The highest BCUT2D eigenvalue weighted by Gasteiger charge is 2.43. The van der Waals surface area contributed by atoms with E-state index >= 15 is 0 Å². The van der Waals surface area contributed by atoms with Crippen LogP contribution in [0.2, 0.25) is 10.0 Å². The van der Waals surface area contributed by atoms with E-state index in [1.165, 1.54) is 0 Å². The lowest BCUT2D eigenvalue weighted by Crippen LogP contribution is -2.46. The van der Waals surface area contributed by atoms with Crippen LogP contribution in [0.4, 0.5) is 0 Å². The molecule has 4 heteroatoms. The Hall–Kier alpha value is 0.240. The standard InChI is InChI=1S/C12H13BrCl2O/c1-6(2)11-9(13)12(16-11)7-4-3-5-8(14)10(7)15/h3-6,9,11-12H,1-2H3. The Morgan fingerprint density at radius 1 is 1.31 bits per heavy atom. The molecule has 0 aromatic heterocycles. The van der Waals surface area contributed by atoms with Crippen LogP contribution in [0.1, 0.15) is 25.5 Å². The fourth-order valence-corrected chi connectivity index (χ4v) is 3.47. The van der Waals surface area contributed by atoms with Crippen LogP contribution in [-0.4, -0.2) is 10.9 Å². The summed E-state index contributed by atoms with van der Waals surface area (Å²) in [4.78, 5) is 0.309. The van der Waals surface area contributed by atoms with Gasteiger partial charge in [0.05, 0.1) is 27.1 Å². The number of rotatable bonds is 2. The van der Waals surface area contributed by atoms with Gasteiger partial charge in [-0.25, -0.2) is 0 Å². The molecule has 16 heavy (non-hydrogen) atoms. The Kier molecular flexibility index (Phi) is 3.85. The van der Waals surface area contributed by atoms with Gasteiger partial charge >= 0.3 is 0 Å². The summed E-state index contributed by atoms with van der Waals surface area (Å²) < 4.78 is 5.84. The van der Waals surface area contributed by atoms with E-state index < -0.39 is 0 Å². The molecule has 0 spiro atoms. The van der Waals surface area contributed by atoms with Crippen LogP contribution in [0.25, 0.3) is 0 Å². The molecule has 1 aliphatic rings. The number of ether oxygens (including phenoxy) is 1. The average Bonchev–Trinajstić information content (AvgIpc) is 2.22. The third kappa shape index (κ3) is 2.13. The van der Waals surface area contributed by atoms with E-state index in [0.717, 1.165) is 5.56 Å². The first-order valence-electron chi connectivity index (χ1n) is 5.25. The summed E-state index contributed by atoms with van der Waals surface area (Å²) >= 11 is 15.8. The maximum absolute atomic E-state index is 6.16. The summed E-state index contributed by atoms with van der Waals surface area (Å²) in [5.74, 6) is 0.499. The van der Waals surface area contributed by atoms with Crippen molar-refractivity contribution >= 4 is 39.1 Å². The number of alkyl halides is 1. The van der Waals surface area contributed by atoms with Gasteiger partial charge < -0.3 is 4.74 Å². The molecule has 1 nitrogen and oxygen atoms in total. The molecule has 1 saturated heterocycles. The van der Waals surface area contributed by atoms with Crippen molar-refractivity contribution in [2.75, 3.05) is 0 Å². The van der Waals surface area contributed by atoms with Crippen molar-refractivity contribution in [2.24, 2.45) is 5.92 Å². The first kappa shape index (κ1) is 12.7. The van der Waals surface area contributed by atoms with Crippen molar-refractivity contribution in [1.82, 2.24) is 0 Å². The van der Waals surface area contributed by atoms with E-state index in [1.54, 1.807) is 6.07 Å². The highest BCUT2D eigenvalue weighted by molar-refractivity contribution is 9.09. The molecule has 0 amide bonds. The maximum atomic E-state index is 6.16. The largest absolute Gasteiger partial charge is 0.367 e. The number of hydrogen-bond donors (Lipinski definition) is 0. The predicted octanol–water partition coefficient (Wildman–Crippen LogP) is 4.85. The van der Waals surface area contributed by atoms with E-state index in [2.05, 4.69) is 29.8 Å². The zero-order chi connectivity index (χ0) is 11.9. The van der Waals surface area contributed by atoms with Crippen molar-refractivity contribution in [3.63, 3.8) is 0 Å². The SMILES string of the molecule is CC(C)C1OC(c2cccc(Cl)c2Cl)C1Br. The molecule has 0 saturated carbocycles. The van der Waals surface area contributed by atoms with Crippen molar-refractivity contribution in [1.29, 1.82) is 0 Å². The second-order valence-corrected chi connectivity index (χ2v) is 6.20. The quantitative estimate of drug-likeness (QED) is 0.707. The number of hydrogen-bond acceptors (Lipinski definition) is 1. The van der Waals surface area contributed by atoms with Gasteiger partial charge in [-0.05, 0) is 12.0 Å². The predicted molar refractivity (Wildman–Crippen MR) is 71.6 cm³/mol. The molecule has 1 aliphatic heterocycles. The summed E-state index contributed by atoms with van der Waals surface area (Å²) in [7, 11) is 0. The minimum atomic E-state index is 0.0126. The molecule has 1 fully saturated rings. The van der Waals surface area contributed by atoms with Gasteiger partial charge in [0.1, 0.15) is 0 Å². The van der Waals surface area contributed by atoms with Gasteiger partial charge in [-0.1, -0.05) is 65.1 Å². The Morgan fingerprint density at radius 3 is 2.56 bits per heavy atom. The van der Waals surface area contributed by atoms with E-state index in [1.807, 2.05) is 12.1 Å². The fourth-order valence-electron chi connectivity index (χ4n) is 1.91. The van der Waals surface area contributed by atoms with Crippen LogP contribution in [0, 0.1) is 5.92 Å². The maximum Gasteiger partial charge on any atom is 0.0994 e. The van der Waals surface area contributed by atoms with Gasteiger partial charge in [-0.15, -0.1) is 0 Å². The van der Waals surface area contributed by atoms with Crippen LogP contribution in [0.15, 0.2) is 18.2 Å². The first-order chi connectivity index (χ1) is 7.52. The molecule has 2 rings (SSSR count). The third-order valence-corrected chi connectivity index (χ3v) is 4.69. The molecule has 1 aromatic carbocycles. The molecule has 0 aliphatic carbocycles. The topological polar surface area (TPSA) is 9.23 Å². The molecule has 88 valence electrons. The van der Waals surface area contributed by atoms with Crippen LogP contribution < -0.4 is 0 Å². The molecule has 0 radical (unpaired) electrons. The van der Waals surface area contributed by atoms with Crippen molar-refractivity contribution in [2.45, 2.75) is 30.9 Å². The van der Waals surface area contributed by atoms with Gasteiger partial charge in [0, 0.05) is 5.56 Å². The lowest BCUT2D eigenvalue weighted by atomic mass is 9.91. The van der Waals surface area contributed by atoms with E-state index in [0.29, 0.717) is 20.8 Å². The van der Waals surface area contributed by atoms with Gasteiger partial charge in [0.25, 0.3) is 0 Å². The third-order valence-electron chi connectivity index (χ3n) is 2.85. The summed E-state index contributed by atoms with van der Waals surface area (Å²) in [5.41, 5.74) is 0.966. The smallest absolute Gasteiger partial charge is 0.0994 e. The van der Waals surface area contributed by atoms with Crippen molar-refractivity contribution < 1.29 is 4.74 Å². The Balaban J connectivity index is 2.19. The van der Waals surface area contributed by atoms with Crippen LogP contribution >= 0.6 is 39.1 Å². The first-order valence-corrected chi connectivity index (χ1v) is 6.93. The average molecular weight is 324 g/mol. The number of benzene rings is 1. The van der Waals surface area contributed by atoms with Crippen molar-refractivity contribution in [3.8, 4) is 0 Å². The van der Waals surface area contributed by atoms with E-state index in [4.69, 9.17) is 27.9 Å². The lowest BCUT2D eigenvalue weighted by molar-refractivity contribution is -0.136. The highest BCUT2D eigenvalue weighted by Crippen LogP contribution is 2.46. The molecule has 3 unspecified atom stereocenters. The minimum absolute atomic E-state index is 0.0126. The van der Waals surface area contributed by atoms with Crippen LogP contribution in [-0.2, 0) is 4.74 Å². The fraction of sp³-hybridized carbons (Fsp3) is 0.500. The van der Waals surface area contributed by atoms with E-state index in [9.17, 15) is 0 Å². The highest BCUT2D eigenvalue weighted by atomic mass is 79.9. The number of halogens is 3. The van der Waals surface area contributed by atoms with Crippen LogP contribution in [0.5, 0.6) is 0 Å². The zero-order valence-corrected chi connectivity index (χ0v) is 12.2. The summed E-state index contributed by atoms with van der Waals surface area (Å²) in [6, 6.07) is 5.65. The summed E-state index contributed by atoms with van der Waals surface area (Å²) in [6.45, 7) is 4.30. The Labute approximate surface area is 114 Å². The Bertz CT molecular complexity index is 395. The Morgan fingerprint density at radius 2 is 2.00 bits per heavy atom. The molecule has 1 aromatic rings. The summed E-state index contributed by atoms with van der Waals surface area (Å²) in [5, 5.41) is 1.18. The molecule has 0 N–H and O–H groups in total. The van der Waals surface area contributed by atoms with Gasteiger partial charge in [0.2, 0.25) is 0 Å². The second kappa shape index (κ2) is 4.85. The van der Waals surface area contributed by atoms with E-state index in [-0.39, 0.29) is 12.2 Å². The second-order valence-electron chi connectivity index (χ2n) is 4.35.